The second-order valence-corrected chi connectivity index (χ2v) is 21.8. The summed E-state index contributed by atoms with van der Waals surface area (Å²) >= 11 is 5.92. The summed E-state index contributed by atoms with van der Waals surface area (Å²) in [7, 11) is 6.28. The number of carbonyl (C=O) groups is 3. The number of aromatic nitrogens is 2. The molecule has 2 aromatic heterocycles. The van der Waals surface area contributed by atoms with E-state index in [0.29, 0.717) is 51.4 Å². The van der Waals surface area contributed by atoms with Gasteiger partial charge < -0.3 is 39.9 Å². The van der Waals surface area contributed by atoms with Gasteiger partial charge in [0.2, 0.25) is 11.2 Å². The quantitative estimate of drug-likeness (QED) is 0.0607. The minimum atomic E-state index is -1.34. The van der Waals surface area contributed by atoms with Crippen molar-refractivity contribution in [2.24, 2.45) is 7.05 Å². The number of Topliss-reactive ketones (excluding diaryl/α,β-unsaturated/α-hetero) is 1. The van der Waals surface area contributed by atoms with Crippen molar-refractivity contribution in [2.75, 3.05) is 38.6 Å². The van der Waals surface area contributed by atoms with Crippen LogP contribution in [0, 0.1) is 19.7 Å². The fourth-order valence-electron chi connectivity index (χ4n) is 11.1. The highest BCUT2D eigenvalue weighted by Gasteiger charge is 2.34. The Kier molecular flexibility index (Phi) is 18.4. The van der Waals surface area contributed by atoms with E-state index in [-0.39, 0.29) is 40.3 Å². The minimum Gasteiger partial charge on any atom is -0.872 e. The molecule has 1 aliphatic rings. The van der Waals surface area contributed by atoms with Crippen molar-refractivity contribution in [3.05, 3.63) is 243 Å². The average Bonchev–Trinajstić information content (AvgIpc) is 2.99. The molecule has 0 aliphatic carbocycles. The largest absolute Gasteiger partial charge is 0.872 e. The Hall–Kier alpha value is -9.14. The van der Waals surface area contributed by atoms with Gasteiger partial charge in [-0.15, -0.1) is 0 Å². The predicted molar refractivity (Wildman–Crippen MR) is 330 cm³/mol. The number of aryl methyl sites for hydroxylation is 2. The number of carboxylic acids is 2. The number of halogens is 2. The Bertz CT molecular complexity index is 3980. The molecule has 8 aromatic carbocycles. The first-order valence-corrected chi connectivity index (χ1v) is 28.1. The van der Waals surface area contributed by atoms with E-state index in [4.69, 9.17) is 11.6 Å². The number of likely N-dealkylation sites (tertiary alicyclic amines) is 1. The summed E-state index contributed by atoms with van der Waals surface area (Å²) in [6, 6.07) is 53.4. The molecule has 0 spiro atoms. The second kappa shape index (κ2) is 26.0. The van der Waals surface area contributed by atoms with E-state index in [1.807, 2.05) is 24.3 Å². The van der Waals surface area contributed by atoms with Crippen molar-refractivity contribution < 1.29 is 48.9 Å². The molecule has 11 rings (SSSR count). The third-order valence-electron chi connectivity index (χ3n) is 15.8. The lowest BCUT2D eigenvalue weighted by Crippen LogP contribution is -2.42. The van der Waals surface area contributed by atoms with Gasteiger partial charge in [0.1, 0.15) is 24.2 Å². The van der Waals surface area contributed by atoms with Crippen LogP contribution < -0.4 is 14.6 Å². The number of carboxylic acid groups (broad SMARTS) is 2. The second-order valence-electron chi connectivity index (χ2n) is 21.4. The summed E-state index contributed by atoms with van der Waals surface area (Å²) in [6.45, 7) is 6.76. The molecule has 0 bridgehead atoms. The number of aliphatic hydroxyl groups is 1. The first-order chi connectivity index (χ1) is 40.3. The summed E-state index contributed by atoms with van der Waals surface area (Å²) in [5.74, 6) is -4.00. The summed E-state index contributed by atoms with van der Waals surface area (Å²) in [6.07, 6.45) is 6.86. The number of rotatable bonds is 14. The molecule has 0 saturated carbocycles. The minimum absolute atomic E-state index is 0.0414. The van der Waals surface area contributed by atoms with Gasteiger partial charge in [-0.05, 0) is 169 Å². The van der Waals surface area contributed by atoms with Crippen molar-refractivity contribution in [3.8, 4) is 17.2 Å². The fraction of sp³-hybridized carbons (Fsp3) is 0.200. The summed E-state index contributed by atoms with van der Waals surface area (Å²) in [5.41, 5.74) is 9.07. The molecule has 1 fully saturated rings. The van der Waals surface area contributed by atoms with E-state index < -0.39 is 29.0 Å². The number of aromatic hydroxyl groups is 1. The molecule has 4 N–H and O–H groups in total. The zero-order valence-corrected chi connectivity index (χ0v) is 48.3. The molecule has 428 valence electrons. The van der Waals surface area contributed by atoms with E-state index in [0.717, 1.165) is 31.6 Å². The number of hydrogen-bond donors (Lipinski definition) is 4. The zero-order valence-electron chi connectivity index (χ0n) is 47.5. The molecule has 12 nitrogen and oxygen atoms in total. The number of nitrogens with zero attached hydrogens (tertiary/aromatic N) is 4. The number of ketones is 1. The van der Waals surface area contributed by atoms with Gasteiger partial charge in [0.15, 0.2) is 5.78 Å². The van der Waals surface area contributed by atoms with Crippen molar-refractivity contribution >= 4 is 79.6 Å². The molecule has 0 unspecified atom stereocenters. The molecule has 1 aliphatic heterocycles. The number of benzene rings is 8. The van der Waals surface area contributed by atoms with Crippen molar-refractivity contribution in [1.29, 1.82) is 0 Å². The molecule has 84 heavy (non-hydrogen) atoms. The first-order valence-electron chi connectivity index (χ1n) is 27.7. The maximum atomic E-state index is 12.9. The van der Waals surface area contributed by atoms with Gasteiger partial charge in [0.05, 0.1) is 11.2 Å². The summed E-state index contributed by atoms with van der Waals surface area (Å²) in [5, 5.41) is 57.6. The van der Waals surface area contributed by atoms with Crippen LogP contribution in [-0.2, 0) is 19.1 Å². The Morgan fingerprint density at radius 3 is 1.95 bits per heavy atom. The topological polar surface area (TPSA) is 170 Å². The zero-order chi connectivity index (χ0) is 59.8. The molecule has 3 heterocycles. The van der Waals surface area contributed by atoms with E-state index in [9.17, 15) is 44.3 Å². The normalized spacial score (nSPS) is 13.1. The van der Waals surface area contributed by atoms with Crippen LogP contribution in [-0.4, -0.2) is 81.3 Å². The molecule has 1 saturated heterocycles. The van der Waals surface area contributed by atoms with Crippen LogP contribution >= 0.6 is 11.6 Å². The van der Waals surface area contributed by atoms with Gasteiger partial charge in [-0.25, -0.2) is 14.0 Å². The number of hydrogen-bond acceptors (Lipinski definition) is 8. The molecule has 0 amide bonds. The number of fused-ring (bicyclic) bond motifs is 3. The van der Waals surface area contributed by atoms with Crippen LogP contribution in [0.25, 0.3) is 50.3 Å². The van der Waals surface area contributed by atoms with Crippen LogP contribution in [0.5, 0.6) is 11.5 Å². The van der Waals surface area contributed by atoms with E-state index in [1.54, 1.807) is 48.5 Å². The van der Waals surface area contributed by atoms with Crippen molar-refractivity contribution in [3.63, 3.8) is 0 Å². The summed E-state index contributed by atoms with van der Waals surface area (Å²) < 4.78 is 17.5. The van der Waals surface area contributed by atoms with E-state index >= 15 is 0 Å². The van der Waals surface area contributed by atoms with Crippen molar-refractivity contribution in [2.45, 2.75) is 51.6 Å². The van der Waals surface area contributed by atoms with Gasteiger partial charge in [-0.2, -0.15) is 4.57 Å². The van der Waals surface area contributed by atoms with Gasteiger partial charge in [0, 0.05) is 103 Å². The predicted octanol–water partition coefficient (Wildman–Crippen LogP) is 13.5. The molecule has 14 heteroatoms. The standard InChI is InChI=1S/C26H28N3.C23H16O6.C21H23ClFNO2/c1-19-17-21(20(2)29(19)24-9-7-6-8-10-24)11-13-23-14-12-22-18-25(27(3)4)15-16-26(22)28(23)5;24-20-16(14-7-3-1-5-12(14)9-18(20)22(26)27)11-17-15-8-4-2-6-13(15)10-19(21(17)25)23(28)29;22-18-7-5-17(6-8-18)21(26)11-14-24(15-12-21)13-1-2-20(25)16-3-9-19(23)10-4-16/h6-18H,1-5H3;1-10,24-25H,11H2,(H,26,27)(H,28,29);3-10,26H,1-2,11-15H2/q+1;;/p-1. The number of carbonyl (C=O) groups excluding carboxylic acids is 1. The van der Waals surface area contributed by atoms with Crippen LogP contribution in [0.1, 0.15) is 96.1 Å². The number of phenols is 1. The maximum absolute atomic E-state index is 12.9. The SMILES string of the molecule is Cc1cc(C=Cc2ccc3cc(N(C)C)ccc3[n+]2C)c(C)n1-c1ccccc1.O=C(CCCN1CCC(O)(c2ccc(Cl)cc2)CC1)c1ccc(F)cc1.O=C(O)c1cc2ccccc2c(Cc2c(O)c(C(=O)O)cc3ccccc23)c1[O-]. The Morgan fingerprint density at radius 2 is 1.32 bits per heavy atom. The Labute approximate surface area is 492 Å². The van der Waals surface area contributed by atoms with Gasteiger partial charge in [-0.1, -0.05) is 96.2 Å². The smallest absolute Gasteiger partial charge is 0.339 e. The third kappa shape index (κ3) is 13.4. The van der Waals surface area contributed by atoms with Crippen LogP contribution in [0.4, 0.5) is 10.1 Å². The lowest BCUT2D eigenvalue weighted by Gasteiger charge is -2.38. The highest BCUT2D eigenvalue weighted by molar-refractivity contribution is 6.30. The Balaban J connectivity index is 0.000000151. The number of pyridine rings is 1. The number of anilines is 1. The number of para-hydroxylation sites is 1. The van der Waals surface area contributed by atoms with E-state index in [1.165, 1.54) is 81.3 Å². The molecule has 0 radical (unpaired) electrons. The lowest BCUT2D eigenvalue weighted by molar-refractivity contribution is -0.646. The summed E-state index contributed by atoms with van der Waals surface area (Å²) in [4.78, 5) is 39.7. The first kappa shape index (κ1) is 59.5. The fourth-order valence-corrected chi connectivity index (χ4v) is 11.2. The highest BCUT2D eigenvalue weighted by atomic mass is 35.5. The Morgan fingerprint density at radius 1 is 0.714 bits per heavy atom. The van der Waals surface area contributed by atoms with Crippen LogP contribution in [0.15, 0.2) is 176 Å². The number of aromatic carboxylic acids is 2. The van der Waals surface area contributed by atoms with E-state index in [2.05, 4.69) is 133 Å². The highest BCUT2D eigenvalue weighted by Crippen LogP contribution is 2.39. The van der Waals surface area contributed by atoms with Crippen molar-refractivity contribution in [1.82, 2.24) is 9.47 Å². The van der Waals surface area contributed by atoms with Gasteiger partial charge >= 0.3 is 11.9 Å². The monoisotopic (exact) mass is 1140 g/mol. The average molecular weight is 1150 g/mol. The third-order valence-corrected chi connectivity index (χ3v) is 16.0. The lowest BCUT2D eigenvalue weighted by atomic mass is 9.84. The van der Waals surface area contributed by atoms with Gasteiger partial charge in [0.25, 0.3) is 0 Å². The number of piperidine rings is 1. The molecule has 0 atom stereocenters. The maximum Gasteiger partial charge on any atom is 0.339 e. The molecule has 10 aromatic rings. The van der Waals surface area contributed by atoms with Gasteiger partial charge in [-0.3, -0.25) is 4.79 Å². The molecular weight excluding hydrogens is 1080 g/mol. The van der Waals surface area contributed by atoms with Crippen LogP contribution in [0.2, 0.25) is 5.02 Å². The van der Waals surface area contributed by atoms with Crippen LogP contribution in [0.3, 0.4) is 0 Å². The molecular formula is C70H66ClFN4O8.